The van der Waals surface area contributed by atoms with E-state index in [2.05, 4.69) is 4.98 Å². The van der Waals surface area contributed by atoms with E-state index in [9.17, 15) is 9.59 Å². The zero-order valence-corrected chi connectivity index (χ0v) is 15.9. The van der Waals surface area contributed by atoms with Crippen LogP contribution in [0.2, 0.25) is 5.02 Å². The summed E-state index contributed by atoms with van der Waals surface area (Å²) in [4.78, 5) is 34.4. The fraction of sp³-hybridized carbons (Fsp3) is 0.421. The molecule has 2 fully saturated rings. The summed E-state index contributed by atoms with van der Waals surface area (Å²) in [5.74, 6) is 0.110. The largest absolute Gasteiger partial charge is 0.338 e. The Bertz CT molecular complexity index is 825. The first-order chi connectivity index (χ1) is 12.6. The number of carbonyl (C=O) groups is 2. The third kappa shape index (κ3) is 3.12. The fourth-order valence-corrected chi connectivity index (χ4v) is 5.13. The van der Waals surface area contributed by atoms with Gasteiger partial charge in [0.15, 0.2) is 0 Å². The van der Waals surface area contributed by atoms with Crippen molar-refractivity contribution in [2.24, 2.45) is 5.41 Å². The number of piperidine rings is 1. The minimum absolute atomic E-state index is 0.0564. The van der Waals surface area contributed by atoms with Gasteiger partial charge in [0, 0.05) is 38.6 Å². The molecule has 0 bridgehead atoms. The lowest BCUT2D eigenvalue weighted by molar-refractivity contribution is -0.146. The third-order valence-corrected chi connectivity index (χ3v) is 6.70. The van der Waals surface area contributed by atoms with Crippen LogP contribution in [0, 0.1) is 5.41 Å². The maximum atomic E-state index is 13.2. The van der Waals surface area contributed by atoms with E-state index >= 15 is 0 Å². The van der Waals surface area contributed by atoms with Crippen molar-refractivity contribution in [2.45, 2.75) is 25.8 Å². The number of rotatable bonds is 3. The van der Waals surface area contributed by atoms with Crippen LogP contribution in [-0.2, 0) is 11.3 Å². The number of carbonyl (C=O) groups excluding carboxylic acids is 2. The molecule has 0 aliphatic carbocycles. The lowest BCUT2D eigenvalue weighted by atomic mass is 9.78. The van der Waals surface area contributed by atoms with Crippen LogP contribution in [0.25, 0.3) is 0 Å². The van der Waals surface area contributed by atoms with Crippen molar-refractivity contribution in [3.8, 4) is 0 Å². The van der Waals surface area contributed by atoms with E-state index in [1.165, 1.54) is 11.3 Å². The van der Waals surface area contributed by atoms with Crippen LogP contribution in [-0.4, -0.2) is 46.2 Å². The summed E-state index contributed by atoms with van der Waals surface area (Å²) < 4.78 is 0. The van der Waals surface area contributed by atoms with Crippen LogP contribution in [0.5, 0.6) is 0 Å². The van der Waals surface area contributed by atoms with E-state index < -0.39 is 5.41 Å². The molecule has 2 aromatic heterocycles. The Balaban J connectivity index is 1.49. The summed E-state index contributed by atoms with van der Waals surface area (Å²) in [5.41, 5.74) is 0.592. The van der Waals surface area contributed by atoms with Gasteiger partial charge in [-0.05, 0) is 42.3 Å². The average Bonchev–Trinajstić information content (AvgIpc) is 3.27. The normalized spacial score (nSPS) is 23.0. The van der Waals surface area contributed by atoms with E-state index in [-0.39, 0.29) is 11.8 Å². The van der Waals surface area contributed by atoms with Gasteiger partial charge in [-0.15, -0.1) is 11.3 Å². The highest BCUT2D eigenvalue weighted by Crippen LogP contribution is 2.41. The van der Waals surface area contributed by atoms with Crippen LogP contribution in [0.15, 0.2) is 36.0 Å². The molecule has 4 heterocycles. The predicted molar refractivity (Wildman–Crippen MR) is 101 cm³/mol. The van der Waals surface area contributed by atoms with Gasteiger partial charge in [-0.2, -0.15) is 0 Å². The summed E-state index contributed by atoms with van der Waals surface area (Å²) in [6, 6.07) is 5.62. The number of likely N-dealkylation sites (tertiary alicyclic amines) is 2. The smallest absolute Gasteiger partial charge is 0.265 e. The maximum absolute atomic E-state index is 13.2. The highest BCUT2D eigenvalue weighted by atomic mass is 35.5. The molecule has 0 N–H and O–H groups in total. The molecular formula is C19H20ClN3O2S. The first-order valence-corrected chi connectivity index (χ1v) is 10.1. The first kappa shape index (κ1) is 17.5. The zero-order chi connectivity index (χ0) is 18.1. The standard InChI is InChI=1S/C19H20ClN3O2S/c20-15-4-10-26-16(15)17(24)23-9-6-19(13-23)5-2-8-22(18(19)25)12-14-3-1-7-21-11-14/h1,3-4,7,10-11H,2,5-6,8-9,12-13H2/t19-/m1/s1. The van der Waals surface area contributed by atoms with E-state index in [0.717, 1.165) is 31.4 Å². The highest BCUT2D eigenvalue weighted by molar-refractivity contribution is 7.12. The third-order valence-electron chi connectivity index (χ3n) is 5.37. The number of amides is 2. The van der Waals surface area contributed by atoms with Crippen molar-refractivity contribution in [1.29, 1.82) is 0 Å². The number of pyridine rings is 1. The number of hydrogen-bond donors (Lipinski definition) is 0. The van der Waals surface area contributed by atoms with Crippen molar-refractivity contribution in [2.75, 3.05) is 19.6 Å². The lowest BCUT2D eigenvalue weighted by Gasteiger charge is -2.39. The molecule has 136 valence electrons. The van der Waals surface area contributed by atoms with E-state index in [0.29, 0.717) is 29.5 Å². The van der Waals surface area contributed by atoms with Gasteiger partial charge in [-0.1, -0.05) is 17.7 Å². The molecule has 2 aliphatic heterocycles. The van der Waals surface area contributed by atoms with Crippen LogP contribution in [0.1, 0.15) is 34.5 Å². The Morgan fingerprint density at radius 2 is 2.19 bits per heavy atom. The van der Waals surface area contributed by atoms with Crippen LogP contribution >= 0.6 is 22.9 Å². The van der Waals surface area contributed by atoms with Crippen molar-refractivity contribution in [3.05, 3.63) is 51.4 Å². The monoisotopic (exact) mass is 389 g/mol. The van der Waals surface area contributed by atoms with Gasteiger partial charge in [-0.25, -0.2) is 0 Å². The predicted octanol–water partition coefficient (Wildman–Crippen LogP) is 3.45. The van der Waals surface area contributed by atoms with Crippen molar-refractivity contribution >= 4 is 34.8 Å². The maximum Gasteiger partial charge on any atom is 0.265 e. The summed E-state index contributed by atoms with van der Waals surface area (Å²) in [5, 5.41) is 2.32. The summed E-state index contributed by atoms with van der Waals surface area (Å²) in [7, 11) is 0. The molecule has 5 nitrogen and oxygen atoms in total. The molecule has 2 amide bonds. The lowest BCUT2D eigenvalue weighted by Crippen LogP contribution is -2.50. The Morgan fingerprint density at radius 1 is 1.31 bits per heavy atom. The molecule has 2 aliphatic rings. The van der Waals surface area contributed by atoms with Gasteiger partial charge in [-0.3, -0.25) is 14.6 Å². The molecule has 2 aromatic rings. The van der Waals surface area contributed by atoms with E-state index in [1.54, 1.807) is 23.4 Å². The minimum Gasteiger partial charge on any atom is -0.338 e. The van der Waals surface area contributed by atoms with Crippen molar-refractivity contribution in [1.82, 2.24) is 14.8 Å². The highest BCUT2D eigenvalue weighted by Gasteiger charge is 2.49. The topological polar surface area (TPSA) is 53.5 Å². The molecule has 0 aromatic carbocycles. The minimum atomic E-state index is -0.445. The second kappa shape index (κ2) is 7.00. The second-order valence-electron chi connectivity index (χ2n) is 7.05. The van der Waals surface area contributed by atoms with Crippen LogP contribution < -0.4 is 0 Å². The quantitative estimate of drug-likeness (QED) is 0.807. The van der Waals surface area contributed by atoms with Gasteiger partial charge < -0.3 is 9.80 Å². The second-order valence-corrected chi connectivity index (χ2v) is 8.37. The Morgan fingerprint density at radius 3 is 2.92 bits per heavy atom. The molecule has 7 heteroatoms. The molecular weight excluding hydrogens is 370 g/mol. The van der Waals surface area contributed by atoms with Crippen LogP contribution in [0.3, 0.4) is 0 Å². The zero-order valence-electron chi connectivity index (χ0n) is 14.4. The van der Waals surface area contributed by atoms with Crippen molar-refractivity contribution in [3.63, 3.8) is 0 Å². The number of aromatic nitrogens is 1. The Hall–Kier alpha value is -1.92. The Labute approximate surface area is 161 Å². The molecule has 0 saturated carbocycles. The van der Waals surface area contributed by atoms with Crippen molar-refractivity contribution < 1.29 is 9.59 Å². The molecule has 4 rings (SSSR count). The van der Waals surface area contributed by atoms with E-state index in [4.69, 9.17) is 11.6 Å². The molecule has 1 atom stereocenters. The van der Waals surface area contributed by atoms with Gasteiger partial charge in [0.2, 0.25) is 5.91 Å². The first-order valence-electron chi connectivity index (χ1n) is 8.80. The molecule has 2 saturated heterocycles. The summed E-state index contributed by atoms with van der Waals surface area (Å²) in [6.07, 6.45) is 6.08. The molecule has 0 unspecified atom stereocenters. The molecule has 1 spiro atoms. The Kier molecular flexibility index (Phi) is 4.71. The SMILES string of the molecule is O=C(c1sccc1Cl)N1CC[C@]2(CCCN(Cc3cccnc3)C2=O)C1. The van der Waals surface area contributed by atoms with E-state index in [1.807, 2.05) is 22.4 Å². The van der Waals surface area contributed by atoms with Gasteiger partial charge in [0.1, 0.15) is 4.88 Å². The van der Waals surface area contributed by atoms with Gasteiger partial charge in [0.25, 0.3) is 5.91 Å². The number of nitrogens with zero attached hydrogens (tertiary/aromatic N) is 3. The number of hydrogen-bond acceptors (Lipinski definition) is 4. The van der Waals surface area contributed by atoms with Gasteiger partial charge >= 0.3 is 0 Å². The van der Waals surface area contributed by atoms with Crippen LogP contribution in [0.4, 0.5) is 0 Å². The van der Waals surface area contributed by atoms with Gasteiger partial charge in [0.05, 0.1) is 10.4 Å². The average molecular weight is 390 g/mol. The summed E-state index contributed by atoms with van der Waals surface area (Å²) >= 11 is 7.47. The molecule has 0 radical (unpaired) electrons. The number of thiophene rings is 1. The summed E-state index contributed by atoms with van der Waals surface area (Å²) in [6.45, 7) is 2.45. The fourth-order valence-electron chi connectivity index (χ4n) is 4.03. The molecule has 26 heavy (non-hydrogen) atoms. The number of halogens is 1.